The molecular weight excluding hydrogens is 377 g/mol. The van der Waals surface area contributed by atoms with E-state index < -0.39 is 0 Å². The van der Waals surface area contributed by atoms with Crippen LogP contribution in [0.25, 0.3) is 6.08 Å². The quantitative estimate of drug-likeness (QED) is 0.660. The fourth-order valence-electron chi connectivity index (χ4n) is 2.63. The first-order valence-electron chi connectivity index (χ1n) is 7.78. The highest BCUT2D eigenvalue weighted by atomic mass is 35.5. The maximum atomic E-state index is 12.6. The average Bonchev–Trinajstić information content (AvgIpc) is 3.09. The van der Waals surface area contributed by atoms with Gasteiger partial charge in [0, 0.05) is 34.0 Å². The minimum atomic E-state index is -0.0854. The second-order valence-corrected chi connectivity index (χ2v) is 7.56. The van der Waals surface area contributed by atoms with Crippen LogP contribution in [0.3, 0.4) is 0 Å². The zero-order valence-corrected chi connectivity index (χ0v) is 15.9. The second kappa shape index (κ2) is 8.17. The number of methoxy groups -OCH3 is 1. The Labute approximate surface area is 161 Å². The summed E-state index contributed by atoms with van der Waals surface area (Å²) in [6, 6.07) is 13.0. The SMILES string of the molecule is COc1ccc(/C=C/C(=O)N2CCSC2c2ccc(Cl)cc2Cl)cc1. The molecule has 25 heavy (non-hydrogen) atoms. The van der Waals surface area contributed by atoms with Crippen LogP contribution in [0, 0.1) is 0 Å². The minimum Gasteiger partial charge on any atom is -0.497 e. The molecule has 6 heteroatoms. The molecule has 0 saturated carbocycles. The number of amides is 1. The van der Waals surface area contributed by atoms with Crippen molar-refractivity contribution in [3.63, 3.8) is 0 Å². The van der Waals surface area contributed by atoms with E-state index in [-0.39, 0.29) is 11.3 Å². The van der Waals surface area contributed by atoms with Gasteiger partial charge in [-0.1, -0.05) is 41.4 Å². The van der Waals surface area contributed by atoms with Gasteiger partial charge in [-0.3, -0.25) is 4.79 Å². The van der Waals surface area contributed by atoms with Crippen LogP contribution in [-0.4, -0.2) is 30.2 Å². The molecular formula is C19H17Cl2NO2S. The van der Waals surface area contributed by atoms with E-state index in [1.165, 1.54) is 0 Å². The third-order valence-electron chi connectivity index (χ3n) is 3.94. The van der Waals surface area contributed by atoms with Crippen LogP contribution in [0.5, 0.6) is 5.75 Å². The highest BCUT2D eigenvalue weighted by Gasteiger charge is 2.30. The lowest BCUT2D eigenvalue weighted by atomic mass is 10.2. The summed E-state index contributed by atoms with van der Waals surface area (Å²) < 4.78 is 5.13. The van der Waals surface area contributed by atoms with Gasteiger partial charge in [0.25, 0.3) is 0 Å². The number of benzene rings is 2. The summed E-state index contributed by atoms with van der Waals surface area (Å²) in [6.07, 6.45) is 3.41. The largest absolute Gasteiger partial charge is 0.497 e. The Kier molecular flexibility index (Phi) is 5.94. The summed E-state index contributed by atoms with van der Waals surface area (Å²) in [5, 5.41) is 1.09. The van der Waals surface area contributed by atoms with E-state index >= 15 is 0 Å². The van der Waals surface area contributed by atoms with Gasteiger partial charge in [-0.15, -0.1) is 11.8 Å². The number of halogens is 2. The zero-order chi connectivity index (χ0) is 17.8. The number of rotatable bonds is 4. The van der Waals surface area contributed by atoms with Crippen LogP contribution in [0.1, 0.15) is 16.5 Å². The highest BCUT2D eigenvalue weighted by Crippen LogP contribution is 2.41. The van der Waals surface area contributed by atoms with E-state index in [1.807, 2.05) is 41.3 Å². The molecule has 1 amide bonds. The molecule has 0 aliphatic carbocycles. The topological polar surface area (TPSA) is 29.5 Å². The van der Waals surface area contributed by atoms with Gasteiger partial charge in [0.15, 0.2) is 0 Å². The molecule has 0 bridgehead atoms. The molecule has 1 atom stereocenters. The van der Waals surface area contributed by atoms with Crippen molar-refractivity contribution in [2.24, 2.45) is 0 Å². The Morgan fingerprint density at radius 3 is 2.68 bits per heavy atom. The monoisotopic (exact) mass is 393 g/mol. The predicted molar refractivity (Wildman–Crippen MR) is 105 cm³/mol. The summed E-state index contributed by atoms with van der Waals surface area (Å²) in [6.45, 7) is 0.695. The van der Waals surface area contributed by atoms with E-state index in [0.717, 1.165) is 22.6 Å². The Balaban J connectivity index is 1.74. The lowest BCUT2D eigenvalue weighted by Crippen LogP contribution is -2.28. The molecule has 0 radical (unpaired) electrons. The first-order valence-corrected chi connectivity index (χ1v) is 9.58. The standard InChI is InChI=1S/C19H17Cl2NO2S/c1-24-15-6-2-13(3-7-15)4-9-18(23)22-10-11-25-19(22)16-8-5-14(20)12-17(16)21/h2-9,12,19H,10-11H2,1H3/b9-4+. The minimum absolute atomic E-state index is 0.0307. The van der Waals surface area contributed by atoms with Crippen LogP contribution in [0.2, 0.25) is 10.0 Å². The van der Waals surface area contributed by atoms with Crippen LogP contribution in [0.4, 0.5) is 0 Å². The van der Waals surface area contributed by atoms with E-state index in [1.54, 1.807) is 37.1 Å². The Morgan fingerprint density at radius 1 is 1.24 bits per heavy atom. The molecule has 1 aliphatic heterocycles. The molecule has 2 aromatic rings. The lowest BCUT2D eigenvalue weighted by molar-refractivity contribution is -0.126. The molecule has 0 spiro atoms. The number of hydrogen-bond donors (Lipinski definition) is 0. The molecule has 1 fully saturated rings. The zero-order valence-electron chi connectivity index (χ0n) is 13.6. The second-order valence-electron chi connectivity index (χ2n) is 5.53. The van der Waals surface area contributed by atoms with Gasteiger partial charge in [0.1, 0.15) is 11.1 Å². The van der Waals surface area contributed by atoms with Crippen molar-refractivity contribution < 1.29 is 9.53 Å². The van der Waals surface area contributed by atoms with Crippen molar-refractivity contribution in [3.8, 4) is 5.75 Å². The Hall–Kier alpha value is -1.62. The van der Waals surface area contributed by atoms with Crippen LogP contribution >= 0.6 is 35.0 Å². The molecule has 1 saturated heterocycles. The van der Waals surface area contributed by atoms with Gasteiger partial charge in [-0.2, -0.15) is 0 Å². The molecule has 1 unspecified atom stereocenters. The number of thioether (sulfide) groups is 1. The van der Waals surface area contributed by atoms with Crippen LogP contribution < -0.4 is 4.74 Å². The maximum absolute atomic E-state index is 12.6. The molecule has 3 rings (SSSR count). The first kappa shape index (κ1) is 18.2. The molecule has 0 aromatic heterocycles. The maximum Gasteiger partial charge on any atom is 0.247 e. The molecule has 3 nitrogen and oxygen atoms in total. The fourth-order valence-corrected chi connectivity index (χ4v) is 4.51. The third kappa shape index (κ3) is 4.32. The van der Waals surface area contributed by atoms with E-state index in [0.29, 0.717) is 16.6 Å². The molecule has 1 heterocycles. The summed E-state index contributed by atoms with van der Waals surface area (Å²) in [4.78, 5) is 14.5. The van der Waals surface area contributed by atoms with Crippen molar-refractivity contribution >= 4 is 46.9 Å². The third-order valence-corrected chi connectivity index (χ3v) is 5.74. The van der Waals surface area contributed by atoms with Crippen molar-refractivity contribution in [1.82, 2.24) is 4.90 Å². The van der Waals surface area contributed by atoms with Crippen molar-refractivity contribution in [2.45, 2.75) is 5.37 Å². The smallest absolute Gasteiger partial charge is 0.247 e. The normalized spacial score (nSPS) is 17.2. The van der Waals surface area contributed by atoms with E-state index in [4.69, 9.17) is 27.9 Å². The van der Waals surface area contributed by atoms with Gasteiger partial charge in [-0.25, -0.2) is 0 Å². The average molecular weight is 394 g/mol. The first-order chi connectivity index (χ1) is 12.1. The molecule has 130 valence electrons. The predicted octanol–water partition coefficient (Wildman–Crippen LogP) is 5.29. The van der Waals surface area contributed by atoms with Crippen molar-refractivity contribution in [1.29, 1.82) is 0 Å². The molecule has 2 aromatic carbocycles. The summed E-state index contributed by atoms with van der Waals surface area (Å²) in [5.41, 5.74) is 1.86. The fraction of sp³-hybridized carbons (Fsp3) is 0.211. The van der Waals surface area contributed by atoms with E-state index in [9.17, 15) is 4.79 Å². The van der Waals surface area contributed by atoms with Gasteiger partial charge < -0.3 is 9.64 Å². The van der Waals surface area contributed by atoms with E-state index in [2.05, 4.69) is 0 Å². The summed E-state index contributed by atoms with van der Waals surface area (Å²) in [5.74, 6) is 1.64. The number of carbonyl (C=O) groups is 1. The Bertz CT molecular complexity index is 793. The number of ether oxygens (including phenoxy) is 1. The van der Waals surface area contributed by atoms with Gasteiger partial charge in [0.05, 0.1) is 7.11 Å². The van der Waals surface area contributed by atoms with Gasteiger partial charge in [-0.05, 0) is 35.9 Å². The molecule has 0 N–H and O–H groups in total. The van der Waals surface area contributed by atoms with Crippen molar-refractivity contribution in [2.75, 3.05) is 19.4 Å². The Morgan fingerprint density at radius 2 is 2.00 bits per heavy atom. The van der Waals surface area contributed by atoms with Crippen LogP contribution in [0.15, 0.2) is 48.5 Å². The summed E-state index contributed by atoms with van der Waals surface area (Å²) >= 11 is 14.0. The van der Waals surface area contributed by atoms with Gasteiger partial charge in [0.2, 0.25) is 5.91 Å². The lowest BCUT2D eigenvalue weighted by Gasteiger charge is -2.23. The number of hydrogen-bond acceptors (Lipinski definition) is 3. The van der Waals surface area contributed by atoms with Crippen molar-refractivity contribution in [3.05, 3.63) is 69.7 Å². The number of nitrogens with zero attached hydrogens (tertiary/aromatic N) is 1. The summed E-state index contributed by atoms with van der Waals surface area (Å²) in [7, 11) is 1.63. The van der Waals surface area contributed by atoms with Crippen LogP contribution in [-0.2, 0) is 4.79 Å². The number of carbonyl (C=O) groups excluding carboxylic acids is 1. The highest BCUT2D eigenvalue weighted by molar-refractivity contribution is 7.99. The molecule has 1 aliphatic rings. The van der Waals surface area contributed by atoms with Gasteiger partial charge >= 0.3 is 0 Å².